The predicted molar refractivity (Wildman–Crippen MR) is 80.0 cm³/mol. The lowest BCUT2D eigenvalue weighted by Crippen LogP contribution is -2.24. The Morgan fingerprint density at radius 1 is 1.10 bits per heavy atom. The van der Waals surface area contributed by atoms with E-state index in [2.05, 4.69) is 5.32 Å². The van der Waals surface area contributed by atoms with Crippen LogP contribution in [0.1, 0.15) is 22.3 Å². The van der Waals surface area contributed by atoms with Crippen LogP contribution in [0.4, 0.5) is 4.39 Å². The maximum atomic E-state index is 12.8. The van der Waals surface area contributed by atoms with E-state index in [9.17, 15) is 9.18 Å². The summed E-state index contributed by atoms with van der Waals surface area (Å²) in [4.78, 5) is 11.8. The molecule has 2 aromatic carbocycles. The van der Waals surface area contributed by atoms with E-state index in [1.807, 2.05) is 24.3 Å². The molecule has 0 bridgehead atoms. The molecule has 110 valence electrons. The highest BCUT2D eigenvalue weighted by atomic mass is 19.1. The Bertz CT molecular complexity index is 579. The lowest BCUT2D eigenvalue weighted by atomic mass is 10.1. The van der Waals surface area contributed by atoms with Crippen molar-refractivity contribution < 1.29 is 13.9 Å². The number of halogens is 1. The molecular formula is C17H18FNO2. The van der Waals surface area contributed by atoms with Crippen LogP contribution in [0.3, 0.4) is 0 Å². The van der Waals surface area contributed by atoms with Gasteiger partial charge in [0.25, 0.3) is 5.91 Å². The van der Waals surface area contributed by atoms with E-state index < -0.39 is 0 Å². The molecule has 0 spiro atoms. The third kappa shape index (κ3) is 4.60. The highest BCUT2D eigenvalue weighted by Gasteiger charge is 2.04. The van der Waals surface area contributed by atoms with Crippen molar-refractivity contribution in [3.63, 3.8) is 0 Å². The molecule has 0 saturated carbocycles. The molecule has 0 unspecified atom stereocenters. The Morgan fingerprint density at radius 3 is 2.38 bits per heavy atom. The third-order valence-corrected chi connectivity index (χ3v) is 3.19. The van der Waals surface area contributed by atoms with Gasteiger partial charge in [-0.25, -0.2) is 4.39 Å². The van der Waals surface area contributed by atoms with Gasteiger partial charge in [-0.3, -0.25) is 4.79 Å². The Kier molecular flexibility index (Phi) is 5.32. The zero-order chi connectivity index (χ0) is 15.1. The van der Waals surface area contributed by atoms with Crippen LogP contribution in [0.2, 0.25) is 0 Å². The van der Waals surface area contributed by atoms with Gasteiger partial charge in [0, 0.05) is 12.1 Å². The lowest BCUT2D eigenvalue weighted by Gasteiger charge is -2.06. The summed E-state index contributed by atoms with van der Waals surface area (Å²) in [6, 6.07) is 13.4. The number of amides is 1. The summed E-state index contributed by atoms with van der Waals surface area (Å²) in [7, 11) is 1.64. The number of carbonyl (C=O) groups is 1. The van der Waals surface area contributed by atoms with E-state index in [1.165, 1.54) is 29.8 Å². The second-order valence-electron chi connectivity index (χ2n) is 4.71. The monoisotopic (exact) mass is 287 g/mol. The summed E-state index contributed by atoms with van der Waals surface area (Å²) in [5.74, 6) is 0.319. The summed E-state index contributed by atoms with van der Waals surface area (Å²) in [6.45, 7) is 0.586. The first-order chi connectivity index (χ1) is 10.2. The molecule has 21 heavy (non-hydrogen) atoms. The maximum Gasteiger partial charge on any atom is 0.251 e. The van der Waals surface area contributed by atoms with Crippen LogP contribution in [0.5, 0.6) is 5.75 Å². The highest BCUT2D eigenvalue weighted by Crippen LogP contribution is 2.12. The number of aryl methyl sites for hydroxylation is 1. The average Bonchev–Trinajstić information content (AvgIpc) is 2.52. The first-order valence-electron chi connectivity index (χ1n) is 6.86. The van der Waals surface area contributed by atoms with Crippen molar-refractivity contribution in [1.29, 1.82) is 0 Å². The fourth-order valence-electron chi connectivity index (χ4n) is 1.99. The molecule has 0 aromatic heterocycles. The molecule has 2 rings (SSSR count). The van der Waals surface area contributed by atoms with Crippen LogP contribution < -0.4 is 10.1 Å². The number of hydrogen-bond donors (Lipinski definition) is 1. The van der Waals surface area contributed by atoms with Crippen LogP contribution in [-0.2, 0) is 6.42 Å². The molecule has 0 atom stereocenters. The zero-order valence-electron chi connectivity index (χ0n) is 11.9. The van der Waals surface area contributed by atoms with E-state index in [4.69, 9.17) is 4.74 Å². The molecular weight excluding hydrogens is 269 g/mol. The third-order valence-electron chi connectivity index (χ3n) is 3.19. The van der Waals surface area contributed by atoms with Gasteiger partial charge in [-0.15, -0.1) is 0 Å². The van der Waals surface area contributed by atoms with Crippen molar-refractivity contribution >= 4 is 5.91 Å². The van der Waals surface area contributed by atoms with Crippen LogP contribution >= 0.6 is 0 Å². The molecule has 0 radical (unpaired) electrons. The Morgan fingerprint density at radius 2 is 1.76 bits per heavy atom. The Hall–Kier alpha value is -2.36. The molecule has 3 nitrogen and oxygen atoms in total. The summed E-state index contributed by atoms with van der Waals surface area (Å²) in [5.41, 5.74) is 1.67. The SMILES string of the molecule is COc1ccc(CCCNC(=O)c2ccc(F)cc2)cc1. The van der Waals surface area contributed by atoms with Crippen LogP contribution in [-0.4, -0.2) is 19.6 Å². The van der Waals surface area contributed by atoms with Crippen LogP contribution in [0, 0.1) is 5.82 Å². The van der Waals surface area contributed by atoms with Crippen molar-refractivity contribution in [3.05, 3.63) is 65.5 Å². The first-order valence-corrected chi connectivity index (χ1v) is 6.86. The van der Waals surface area contributed by atoms with Gasteiger partial charge in [0.1, 0.15) is 11.6 Å². The quantitative estimate of drug-likeness (QED) is 0.829. The summed E-state index contributed by atoms with van der Waals surface area (Å²) in [5, 5.41) is 2.83. The van der Waals surface area contributed by atoms with Crippen molar-refractivity contribution in [2.75, 3.05) is 13.7 Å². The van der Waals surface area contributed by atoms with Gasteiger partial charge in [-0.2, -0.15) is 0 Å². The molecule has 0 heterocycles. The second kappa shape index (κ2) is 7.43. The van der Waals surface area contributed by atoms with Gasteiger partial charge in [0.2, 0.25) is 0 Å². The molecule has 0 aliphatic rings. The number of methoxy groups -OCH3 is 1. The zero-order valence-corrected chi connectivity index (χ0v) is 11.9. The number of rotatable bonds is 6. The largest absolute Gasteiger partial charge is 0.497 e. The molecule has 0 aliphatic carbocycles. The number of ether oxygens (including phenoxy) is 1. The van der Waals surface area contributed by atoms with E-state index in [-0.39, 0.29) is 11.7 Å². The van der Waals surface area contributed by atoms with Crippen LogP contribution in [0.15, 0.2) is 48.5 Å². The molecule has 1 N–H and O–H groups in total. The molecule has 0 saturated heterocycles. The fourth-order valence-corrected chi connectivity index (χ4v) is 1.99. The molecule has 4 heteroatoms. The minimum Gasteiger partial charge on any atom is -0.497 e. The molecule has 0 aliphatic heterocycles. The smallest absolute Gasteiger partial charge is 0.251 e. The average molecular weight is 287 g/mol. The van der Waals surface area contributed by atoms with Gasteiger partial charge in [-0.1, -0.05) is 12.1 Å². The van der Waals surface area contributed by atoms with E-state index in [1.54, 1.807) is 7.11 Å². The van der Waals surface area contributed by atoms with Gasteiger partial charge in [-0.05, 0) is 54.8 Å². The molecule has 0 fully saturated rings. The summed E-state index contributed by atoms with van der Waals surface area (Å²) < 4.78 is 17.9. The topological polar surface area (TPSA) is 38.3 Å². The number of nitrogens with one attached hydrogen (secondary N) is 1. The maximum absolute atomic E-state index is 12.8. The van der Waals surface area contributed by atoms with Gasteiger partial charge < -0.3 is 10.1 Å². The fraction of sp³-hybridized carbons (Fsp3) is 0.235. The van der Waals surface area contributed by atoms with Gasteiger partial charge in [0.05, 0.1) is 7.11 Å². The number of carbonyl (C=O) groups excluding carboxylic acids is 1. The van der Waals surface area contributed by atoms with E-state index in [0.717, 1.165) is 18.6 Å². The Labute approximate surface area is 123 Å². The van der Waals surface area contributed by atoms with Crippen molar-refractivity contribution in [1.82, 2.24) is 5.32 Å². The number of benzene rings is 2. The van der Waals surface area contributed by atoms with Crippen LogP contribution in [0.25, 0.3) is 0 Å². The lowest BCUT2D eigenvalue weighted by molar-refractivity contribution is 0.0953. The van der Waals surface area contributed by atoms with Crippen molar-refractivity contribution in [3.8, 4) is 5.75 Å². The normalized spacial score (nSPS) is 10.2. The standard InChI is InChI=1S/C17H18FNO2/c1-21-16-10-4-13(5-11-16)3-2-12-19-17(20)14-6-8-15(18)9-7-14/h4-11H,2-3,12H2,1H3,(H,19,20). The van der Waals surface area contributed by atoms with Crippen molar-refractivity contribution in [2.24, 2.45) is 0 Å². The number of hydrogen-bond acceptors (Lipinski definition) is 2. The first kappa shape index (κ1) is 15.0. The second-order valence-corrected chi connectivity index (χ2v) is 4.71. The summed E-state index contributed by atoms with van der Waals surface area (Å²) >= 11 is 0. The Balaban J connectivity index is 1.73. The minimum absolute atomic E-state index is 0.176. The summed E-state index contributed by atoms with van der Waals surface area (Å²) in [6.07, 6.45) is 1.73. The van der Waals surface area contributed by atoms with Gasteiger partial charge >= 0.3 is 0 Å². The minimum atomic E-state index is -0.342. The van der Waals surface area contributed by atoms with E-state index >= 15 is 0 Å². The van der Waals surface area contributed by atoms with Gasteiger partial charge in [0.15, 0.2) is 0 Å². The highest BCUT2D eigenvalue weighted by molar-refractivity contribution is 5.94. The molecule has 2 aromatic rings. The molecule has 1 amide bonds. The van der Waals surface area contributed by atoms with E-state index in [0.29, 0.717) is 12.1 Å². The predicted octanol–water partition coefficient (Wildman–Crippen LogP) is 3.20. The van der Waals surface area contributed by atoms with Crippen molar-refractivity contribution in [2.45, 2.75) is 12.8 Å².